The summed E-state index contributed by atoms with van der Waals surface area (Å²) in [6.07, 6.45) is 3.53. The van der Waals surface area contributed by atoms with E-state index in [9.17, 15) is 9.59 Å². The molecule has 2 aliphatic rings. The Hall–Kier alpha value is -0.710. The van der Waals surface area contributed by atoms with Gasteiger partial charge in [0, 0.05) is 5.25 Å². The molecular weight excluding hydrogens is 202 g/mol. The highest BCUT2D eigenvalue weighted by Gasteiger charge is 2.41. The number of imide groups is 1. The maximum atomic E-state index is 11.8. The molecule has 0 aromatic rings. The van der Waals surface area contributed by atoms with Gasteiger partial charge in [0.1, 0.15) is 6.61 Å². The zero-order valence-electron chi connectivity index (χ0n) is 8.06. The Balaban J connectivity index is 1.97. The minimum Gasteiger partial charge on any atom is -0.447 e. The Kier molecular flexibility index (Phi) is 2.67. The van der Waals surface area contributed by atoms with Crippen LogP contribution in [0.4, 0.5) is 4.79 Å². The van der Waals surface area contributed by atoms with E-state index < -0.39 is 6.09 Å². The smallest absolute Gasteiger partial charge is 0.416 e. The molecule has 1 aliphatic heterocycles. The van der Waals surface area contributed by atoms with E-state index in [1.165, 1.54) is 4.90 Å². The number of rotatable bonds is 2. The third kappa shape index (κ3) is 1.49. The molecule has 1 heterocycles. The molecule has 0 bridgehead atoms. The summed E-state index contributed by atoms with van der Waals surface area (Å²) in [5.41, 5.74) is 0. The second-order valence-corrected chi connectivity index (χ2v) is 4.64. The number of hydrogen-bond donors (Lipinski definition) is 0. The van der Waals surface area contributed by atoms with E-state index in [0.717, 1.165) is 12.8 Å². The fourth-order valence-electron chi connectivity index (χ4n) is 1.83. The number of carbonyl (C=O) groups is 2. The van der Waals surface area contributed by atoms with E-state index in [4.69, 9.17) is 4.74 Å². The molecule has 2 rings (SSSR count). The average Bonchev–Trinajstić information content (AvgIpc) is 2.50. The van der Waals surface area contributed by atoms with Crippen molar-refractivity contribution in [3.63, 3.8) is 0 Å². The van der Waals surface area contributed by atoms with Crippen molar-refractivity contribution < 1.29 is 14.3 Å². The standard InChI is InChI=1S/C9H13NO3S/c1-14-7-3-2-6(7)8(11)10-4-5-13-9(10)12/h6-7H,2-5H2,1H3. The lowest BCUT2D eigenvalue weighted by atomic mass is 9.83. The maximum Gasteiger partial charge on any atom is 0.416 e. The van der Waals surface area contributed by atoms with Gasteiger partial charge in [-0.05, 0) is 19.1 Å². The van der Waals surface area contributed by atoms with Gasteiger partial charge in [-0.15, -0.1) is 0 Å². The van der Waals surface area contributed by atoms with E-state index in [0.29, 0.717) is 18.4 Å². The second kappa shape index (κ2) is 3.81. The quantitative estimate of drug-likeness (QED) is 0.692. The molecule has 1 aliphatic carbocycles. The first kappa shape index (κ1) is 9.83. The van der Waals surface area contributed by atoms with Crippen LogP contribution >= 0.6 is 11.8 Å². The molecule has 0 aromatic heterocycles. The van der Waals surface area contributed by atoms with Gasteiger partial charge < -0.3 is 4.74 Å². The lowest BCUT2D eigenvalue weighted by molar-refractivity contribution is -0.134. The largest absolute Gasteiger partial charge is 0.447 e. The predicted molar refractivity (Wildman–Crippen MR) is 53.1 cm³/mol. The second-order valence-electron chi connectivity index (χ2n) is 3.56. The van der Waals surface area contributed by atoms with Gasteiger partial charge in [0.15, 0.2) is 0 Å². The van der Waals surface area contributed by atoms with Crippen LogP contribution in [0.3, 0.4) is 0 Å². The van der Waals surface area contributed by atoms with Gasteiger partial charge in [0.2, 0.25) is 5.91 Å². The highest BCUT2D eigenvalue weighted by molar-refractivity contribution is 7.99. The summed E-state index contributed by atoms with van der Waals surface area (Å²) in [5, 5.41) is 0.399. The van der Waals surface area contributed by atoms with E-state index in [1.807, 2.05) is 6.26 Å². The Morgan fingerprint density at radius 2 is 2.36 bits per heavy atom. The van der Waals surface area contributed by atoms with Gasteiger partial charge >= 0.3 is 6.09 Å². The van der Waals surface area contributed by atoms with Crippen LogP contribution in [0.25, 0.3) is 0 Å². The number of amides is 2. The molecule has 2 atom stereocenters. The molecular formula is C9H13NO3S. The Morgan fingerprint density at radius 1 is 1.57 bits per heavy atom. The summed E-state index contributed by atoms with van der Waals surface area (Å²) < 4.78 is 4.73. The maximum absolute atomic E-state index is 11.8. The van der Waals surface area contributed by atoms with Gasteiger partial charge in [-0.2, -0.15) is 11.8 Å². The van der Waals surface area contributed by atoms with E-state index in [1.54, 1.807) is 11.8 Å². The first-order chi connectivity index (χ1) is 6.74. The molecule has 5 heteroatoms. The zero-order chi connectivity index (χ0) is 10.1. The molecule has 0 aromatic carbocycles. The Morgan fingerprint density at radius 3 is 2.79 bits per heavy atom. The summed E-state index contributed by atoms with van der Waals surface area (Å²) in [5.74, 6) is -0.00579. The van der Waals surface area contributed by atoms with Crippen molar-refractivity contribution in [2.45, 2.75) is 18.1 Å². The van der Waals surface area contributed by atoms with Crippen molar-refractivity contribution in [1.29, 1.82) is 0 Å². The van der Waals surface area contributed by atoms with E-state index >= 15 is 0 Å². The molecule has 14 heavy (non-hydrogen) atoms. The number of carbonyl (C=O) groups excluding carboxylic acids is 2. The monoisotopic (exact) mass is 215 g/mol. The van der Waals surface area contributed by atoms with Crippen molar-refractivity contribution in [3.05, 3.63) is 0 Å². The number of thioether (sulfide) groups is 1. The Bertz CT molecular complexity index is 267. The normalized spacial score (nSPS) is 31.2. The number of ether oxygens (including phenoxy) is 1. The average molecular weight is 215 g/mol. The van der Waals surface area contributed by atoms with Crippen LogP contribution in [-0.4, -0.2) is 41.6 Å². The third-order valence-electron chi connectivity index (χ3n) is 2.86. The van der Waals surface area contributed by atoms with Crippen molar-refractivity contribution >= 4 is 23.8 Å². The highest BCUT2D eigenvalue weighted by atomic mass is 32.2. The van der Waals surface area contributed by atoms with Gasteiger partial charge in [-0.1, -0.05) is 0 Å². The van der Waals surface area contributed by atoms with E-state index in [-0.39, 0.29) is 11.8 Å². The summed E-state index contributed by atoms with van der Waals surface area (Å²) in [6.45, 7) is 0.774. The van der Waals surface area contributed by atoms with E-state index in [2.05, 4.69) is 0 Å². The van der Waals surface area contributed by atoms with Crippen molar-refractivity contribution in [3.8, 4) is 0 Å². The summed E-state index contributed by atoms with van der Waals surface area (Å²) >= 11 is 1.71. The van der Waals surface area contributed by atoms with Gasteiger partial charge in [-0.3, -0.25) is 4.79 Å². The van der Waals surface area contributed by atoms with Crippen LogP contribution in [0.15, 0.2) is 0 Å². The van der Waals surface area contributed by atoms with Crippen LogP contribution in [0, 0.1) is 5.92 Å². The molecule has 2 fully saturated rings. The SMILES string of the molecule is CSC1CCC1C(=O)N1CCOC1=O. The minimum atomic E-state index is -0.471. The summed E-state index contributed by atoms with van der Waals surface area (Å²) in [7, 11) is 0. The van der Waals surface area contributed by atoms with Crippen LogP contribution in [0.5, 0.6) is 0 Å². The molecule has 1 saturated heterocycles. The number of hydrogen-bond acceptors (Lipinski definition) is 4. The summed E-state index contributed by atoms with van der Waals surface area (Å²) in [6, 6.07) is 0. The topological polar surface area (TPSA) is 46.6 Å². The number of cyclic esters (lactones) is 1. The lowest BCUT2D eigenvalue weighted by Crippen LogP contribution is -2.45. The van der Waals surface area contributed by atoms with Crippen molar-refractivity contribution in [2.24, 2.45) is 5.92 Å². The molecule has 2 amide bonds. The summed E-state index contributed by atoms with van der Waals surface area (Å²) in [4.78, 5) is 24.2. The van der Waals surface area contributed by atoms with Crippen LogP contribution < -0.4 is 0 Å². The first-order valence-corrected chi connectivity index (χ1v) is 6.03. The van der Waals surface area contributed by atoms with Gasteiger partial charge in [0.05, 0.1) is 12.5 Å². The Labute approximate surface area is 87.0 Å². The highest BCUT2D eigenvalue weighted by Crippen LogP contribution is 2.37. The minimum absolute atomic E-state index is 0.0376. The predicted octanol–water partition coefficient (Wildman–Crippen LogP) is 1.11. The van der Waals surface area contributed by atoms with Crippen LogP contribution in [0.1, 0.15) is 12.8 Å². The molecule has 78 valence electrons. The van der Waals surface area contributed by atoms with Crippen LogP contribution in [-0.2, 0) is 9.53 Å². The molecule has 0 spiro atoms. The molecule has 2 unspecified atom stereocenters. The third-order valence-corrected chi connectivity index (χ3v) is 4.03. The molecule has 1 saturated carbocycles. The fraction of sp³-hybridized carbons (Fsp3) is 0.778. The van der Waals surface area contributed by atoms with Crippen molar-refractivity contribution in [1.82, 2.24) is 4.90 Å². The molecule has 4 nitrogen and oxygen atoms in total. The first-order valence-electron chi connectivity index (χ1n) is 4.75. The zero-order valence-corrected chi connectivity index (χ0v) is 8.88. The fourth-order valence-corrected chi connectivity index (χ4v) is 2.78. The van der Waals surface area contributed by atoms with Crippen LogP contribution in [0.2, 0.25) is 0 Å². The van der Waals surface area contributed by atoms with Gasteiger partial charge in [0.25, 0.3) is 0 Å². The van der Waals surface area contributed by atoms with Crippen molar-refractivity contribution in [2.75, 3.05) is 19.4 Å². The molecule has 0 radical (unpaired) electrons. The number of nitrogens with zero attached hydrogens (tertiary/aromatic N) is 1. The molecule has 0 N–H and O–H groups in total. The lowest BCUT2D eigenvalue weighted by Gasteiger charge is -2.35. The van der Waals surface area contributed by atoms with Gasteiger partial charge in [-0.25, -0.2) is 9.69 Å².